The normalized spacial score (nSPS) is 24.1. The molecule has 0 radical (unpaired) electrons. The van der Waals surface area contributed by atoms with Crippen molar-refractivity contribution in [3.05, 3.63) is 36.4 Å². The van der Waals surface area contributed by atoms with Gasteiger partial charge in [0.2, 0.25) is 0 Å². The zero-order valence-corrected chi connectivity index (χ0v) is 16.3. The Morgan fingerprint density at radius 3 is 2.48 bits per heavy atom. The number of carbonyl (C=O) groups is 1. The fourth-order valence-corrected chi connectivity index (χ4v) is 4.27. The van der Waals surface area contributed by atoms with E-state index in [4.69, 9.17) is 0 Å². The third kappa shape index (κ3) is 4.79. The van der Waals surface area contributed by atoms with E-state index in [1.54, 1.807) is 11.8 Å². The highest BCUT2D eigenvalue weighted by Crippen LogP contribution is 2.43. The van der Waals surface area contributed by atoms with Crippen LogP contribution in [0.3, 0.4) is 0 Å². The molecule has 1 fully saturated rings. The first kappa shape index (κ1) is 18.3. The summed E-state index contributed by atoms with van der Waals surface area (Å²) in [6, 6.07) is 8.07. The Morgan fingerprint density at radius 2 is 1.92 bits per heavy atom. The number of nitrogens with zero attached hydrogens (tertiary/aromatic N) is 2. The van der Waals surface area contributed by atoms with Crippen molar-refractivity contribution in [1.29, 1.82) is 0 Å². The third-order valence-corrected chi connectivity index (χ3v) is 6.06. The molecule has 2 bridgehead atoms. The molecule has 5 heteroatoms. The van der Waals surface area contributed by atoms with E-state index in [1.807, 2.05) is 29.2 Å². The topological polar surface area (TPSA) is 35.6 Å². The number of likely N-dealkylation sites (N-methyl/N-ethyl adjacent to an activating group) is 1. The van der Waals surface area contributed by atoms with Crippen LogP contribution in [0.5, 0.6) is 0 Å². The summed E-state index contributed by atoms with van der Waals surface area (Å²) in [6.07, 6.45) is 9.29. The Kier molecular flexibility index (Phi) is 6.07. The maximum atomic E-state index is 12.8. The first-order valence-corrected chi connectivity index (χ1v) is 10.3. The van der Waals surface area contributed by atoms with Crippen LogP contribution in [0.1, 0.15) is 12.8 Å². The second-order valence-electron chi connectivity index (χ2n) is 7.45. The number of benzene rings is 1. The highest BCUT2D eigenvalue weighted by Gasteiger charge is 2.37. The number of nitrogens with one attached hydrogen (secondary N) is 1. The van der Waals surface area contributed by atoms with E-state index in [2.05, 4.69) is 42.7 Å². The third-order valence-electron chi connectivity index (χ3n) is 5.32. The molecule has 25 heavy (non-hydrogen) atoms. The quantitative estimate of drug-likeness (QED) is 0.590. The lowest BCUT2D eigenvalue weighted by molar-refractivity contribution is 0.188. The number of fused-ring (bicyclic) bond motifs is 2. The summed E-state index contributed by atoms with van der Waals surface area (Å²) in [5.74, 6) is 2.02. The SMILES string of the molecule is CSc1ccc(NC(=O)N(CCN(C)C)CC2CC3C=CC2C3)cc1. The van der Waals surface area contributed by atoms with Gasteiger partial charge in [0, 0.05) is 30.2 Å². The van der Waals surface area contributed by atoms with E-state index >= 15 is 0 Å². The molecule has 136 valence electrons. The van der Waals surface area contributed by atoms with Gasteiger partial charge in [-0.05, 0) is 75.2 Å². The molecule has 0 saturated heterocycles. The summed E-state index contributed by atoms with van der Waals surface area (Å²) >= 11 is 1.71. The Morgan fingerprint density at radius 1 is 1.16 bits per heavy atom. The van der Waals surface area contributed by atoms with Crippen molar-refractivity contribution in [2.75, 3.05) is 45.3 Å². The Balaban J connectivity index is 1.62. The highest BCUT2D eigenvalue weighted by molar-refractivity contribution is 7.98. The maximum absolute atomic E-state index is 12.8. The van der Waals surface area contributed by atoms with Gasteiger partial charge in [0.05, 0.1) is 0 Å². The van der Waals surface area contributed by atoms with Gasteiger partial charge < -0.3 is 15.1 Å². The number of urea groups is 1. The standard InChI is InChI=1S/C20H29N3OS/c1-22(2)10-11-23(14-17-13-15-4-5-16(17)12-15)20(24)21-18-6-8-19(25-3)9-7-18/h4-9,15-17H,10-14H2,1-3H3,(H,21,24). The minimum absolute atomic E-state index is 0.0190. The molecule has 0 heterocycles. The predicted molar refractivity (Wildman–Crippen MR) is 106 cm³/mol. The molecule has 2 aliphatic carbocycles. The molecule has 2 aliphatic rings. The van der Waals surface area contributed by atoms with E-state index < -0.39 is 0 Å². The number of rotatable bonds is 7. The number of thioether (sulfide) groups is 1. The minimum atomic E-state index is 0.0190. The van der Waals surface area contributed by atoms with Gasteiger partial charge in [-0.3, -0.25) is 0 Å². The fraction of sp³-hybridized carbons (Fsp3) is 0.550. The molecule has 0 aliphatic heterocycles. The van der Waals surface area contributed by atoms with E-state index in [0.29, 0.717) is 11.8 Å². The van der Waals surface area contributed by atoms with E-state index in [0.717, 1.165) is 31.2 Å². The lowest BCUT2D eigenvalue weighted by Gasteiger charge is -2.29. The summed E-state index contributed by atoms with van der Waals surface area (Å²) in [6.45, 7) is 2.50. The average Bonchev–Trinajstić information content (AvgIpc) is 3.22. The molecule has 3 atom stereocenters. The van der Waals surface area contributed by atoms with Crippen LogP contribution in [0.4, 0.5) is 10.5 Å². The van der Waals surface area contributed by atoms with Gasteiger partial charge in [-0.2, -0.15) is 0 Å². The highest BCUT2D eigenvalue weighted by atomic mass is 32.2. The smallest absolute Gasteiger partial charge is 0.321 e. The molecule has 4 nitrogen and oxygen atoms in total. The zero-order chi connectivity index (χ0) is 17.8. The van der Waals surface area contributed by atoms with Crippen molar-refractivity contribution >= 4 is 23.5 Å². The van der Waals surface area contributed by atoms with Crippen LogP contribution in [0.25, 0.3) is 0 Å². The van der Waals surface area contributed by atoms with Gasteiger partial charge in [0.15, 0.2) is 0 Å². The first-order chi connectivity index (χ1) is 12.0. The molecule has 1 N–H and O–H groups in total. The lowest BCUT2D eigenvalue weighted by Crippen LogP contribution is -2.42. The maximum Gasteiger partial charge on any atom is 0.321 e. The molecule has 1 aromatic rings. The summed E-state index contributed by atoms with van der Waals surface area (Å²) in [4.78, 5) is 18.2. The Bertz CT molecular complexity index is 614. The van der Waals surface area contributed by atoms with Crippen LogP contribution >= 0.6 is 11.8 Å². The van der Waals surface area contributed by atoms with E-state index in [9.17, 15) is 4.79 Å². The number of hydrogen-bond acceptors (Lipinski definition) is 3. The molecule has 3 rings (SSSR count). The van der Waals surface area contributed by atoms with Crippen LogP contribution in [-0.4, -0.2) is 55.8 Å². The minimum Gasteiger partial charge on any atom is -0.323 e. The lowest BCUT2D eigenvalue weighted by atomic mass is 9.93. The number of amides is 2. The molecule has 3 unspecified atom stereocenters. The number of anilines is 1. The van der Waals surface area contributed by atoms with Crippen LogP contribution in [0, 0.1) is 17.8 Å². The van der Waals surface area contributed by atoms with Crippen molar-refractivity contribution in [3.8, 4) is 0 Å². The zero-order valence-electron chi connectivity index (χ0n) is 15.4. The van der Waals surface area contributed by atoms with Crippen LogP contribution in [-0.2, 0) is 0 Å². The van der Waals surface area contributed by atoms with Crippen LogP contribution < -0.4 is 5.32 Å². The Hall–Kier alpha value is -1.46. The second kappa shape index (κ2) is 8.28. The number of carbonyl (C=O) groups excluding carboxylic acids is 1. The average molecular weight is 360 g/mol. The molecular formula is C20H29N3OS. The van der Waals surface area contributed by atoms with Gasteiger partial charge >= 0.3 is 6.03 Å². The molecule has 0 aromatic heterocycles. The van der Waals surface area contributed by atoms with E-state index in [-0.39, 0.29) is 6.03 Å². The van der Waals surface area contributed by atoms with Crippen molar-refractivity contribution in [3.63, 3.8) is 0 Å². The molecule has 1 aromatic carbocycles. The van der Waals surface area contributed by atoms with Crippen molar-refractivity contribution < 1.29 is 4.79 Å². The molecule has 2 amide bonds. The van der Waals surface area contributed by atoms with Gasteiger partial charge in [-0.1, -0.05) is 12.2 Å². The Labute approximate surface area is 155 Å². The first-order valence-electron chi connectivity index (χ1n) is 9.08. The fourth-order valence-electron chi connectivity index (χ4n) is 3.86. The number of hydrogen-bond donors (Lipinski definition) is 1. The largest absolute Gasteiger partial charge is 0.323 e. The summed E-state index contributed by atoms with van der Waals surface area (Å²) in [5, 5.41) is 3.08. The van der Waals surface area contributed by atoms with Crippen molar-refractivity contribution in [1.82, 2.24) is 9.80 Å². The van der Waals surface area contributed by atoms with Crippen molar-refractivity contribution in [2.24, 2.45) is 17.8 Å². The van der Waals surface area contributed by atoms with Crippen LogP contribution in [0.2, 0.25) is 0 Å². The van der Waals surface area contributed by atoms with Gasteiger partial charge in [-0.15, -0.1) is 11.8 Å². The van der Waals surface area contributed by atoms with Crippen molar-refractivity contribution in [2.45, 2.75) is 17.7 Å². The van der Waals surface area contributed by atoms with Gasteiger partial charge in [-0.25, -0.2) is 4.79 Å². The van der Waals surface area contributed by atoms with Gasteiger partial charge in [0.25, 0.3) is 0 Å². The molecule has 1 saturated carbocycles. The molecular weight excluding hydrogens is 330 g/mol. The second-order valence-corrected chi connectivity index (χ2v) is 8.33. The van der Waals surface area contributed by atoms with Crippen LogP contribution in [0.15, 0.2) is 41.3 Å². The summed E-state index contributed by atoms with van der Waals surface area (Å²) in [7, 11) is 4.11. The monoisotopic (exact) mass is 359 g/mol. The summed E-state index contributed by atoms with van der Waals surface area (Å²) in [5.41, 5.74) is 0.866. The predicted octanol–water partition coefficient (Wildman–Crippen LogP) is 4.02. The number of allylic oxidation sites excluding steroid dienone is 2. The van der Waals surface area contributed by atoms with E-state index in [1.165, 1.54) is 17.7 Å². The summed E-state index contributed by atoms with van der Waals surface area (Å²) < 4.78 is 0. The van der Waals surface area contributed by atoms with Gasteiger partial charge in [0.1, 0.15) is 0 Å². The molecule has 0 spiro atoms.